The van der Waals surface area contributed by atoms with Crippen molar-refractivity contribution in [1.82, 2.24) is 5.32 Å². The Hall–Kier alpha value is -0.540. The van der Waals surface area contributed by atoms with Crippen LogP contribution in [0, 0.1) is 5.82 Å². The number of rotatable bonds is 3. The lowest BCUT2D eigenvalue weighted by Gasteiger charge is -2.13. The van der Waals surface area contributed by atoms with Crippen molar-refractivity contribution in [3.63, 3.8) is 0 Å². The van der Waals surface area contributed by atoms with Gasteiger partial charge in [0.25, 0.3) is 0 Å². The molecule has 3 heteroatoms. The van der Waals surface area contributed by atoms with Crippen LogP contribution in [-0.4, -0.2) is 18.3 Å². The molecule has 1 N–H and O–H groups in total. The van der Waals surface area contributed by atoms with Crippen molar-refractivity contribution in [1.29, 1.82) is 0 Å². The van der Waals surface area contributed by atoms with Crippen LogP contribution < -0.4 is 5.32 Å². The lowest BCUT2D eigenvalue weighted by Crippen LogP contribution is -2.14. The van der Waals surface area contributed by atoms with Crippen molar-refractivity contribution in [3.05, 3.63) is 35.6 Å². The van der Waals surface area contributed by atoms with Crippen molar-refractivity contribution in [2.24, 2.45) is 0 Å². The van der Waals surface area contributed by atoms with E-state index in [1.807, 2.05) is 23.9 Å². The van der Waals surface area contributed by atoms with Gasteiger partial charge >= 0.3 is 0 Å². The first-order valence-electron chi connectivity index (χ1n) is 5.92. The number of hydrogen-bond donors (Lipinski definition) is 1. The molecular formula is C13H18FNS. The van der Waals surface area contributed by atoms with E-state index in [4.69, 9.17) is 0 Å². The van der Waals surface area contributed by atoms with Crippen molar-refractivity contribution in [2.75, 3.05) is 13.1 Å². The van der Waals surface area contributed by atoms with Crippen LogP contribution >= 0.6 is 11.8 Å². The van der Waals surface area contributed by atoms with Gasteiger partial charge in [0.2, 0.25) is 0 Å². The molecule has 1 atom stereocenters. The Morgan fingerprint density at radius 3 is 3.00 bits per heavy atom. The first-order valence-corrected chi connectivity index (χ1v) is 6.97. The number of halogens is 1. The van der Waals surface area contributed by atoms with E-state index in [9.17, 15) is 4.39 Å². The Kier molecular flexibility index (Phi) is 4.67. The molecule has 1 nitrogen and oxygen atoms in total. The fourth-order valence-corrected chi connectivity index (χ4v) is 3.24. The molecule has 1 aliphatic heterocycles. The lowest BCUT2D eigenvalue weighted by molar-refractivity contribution is 0.617. The molecule has 0 bridgehead atoms. The van der Waals surface area contributed by atoms with Gasteiger partial charge < -0.3 is 5.32 Å². The van der Waals surface area contributed by atoms with Crippen molar-refractivity contribution < 1.29 is 4.39 Å². The van der Waals surface area contributed by atoms with Gasteiger partial charge in [0.1, 0.15) is 5.82 Å². The zero-order chi connectivity index (χ0) is 11.2. The molecule has 2 rings (SSSR count). The standard InChI is InChI=1S/C13H18FNS/c14-13-6-2-1-4-11(13)10-16-12-5-3-8-15-9-7-12/h1-2,4,6,12,15H,3,5,7-10H2. The molecule has 0 aliphatic carbocycles. The van der Waals surface area contributed by atoms with Crippen molar-refractivity contribution >= 4 is 11.8 Å². The summed E-state index contributed by atoms with van der Waals surface area (Å²) in [6, 6.07) is 7.09. The molecule has 0 amide bonds. The van der Waals surface area contributed by atoms with Crippen LogP contribution in [0.2, 0.25) is 0 Å². The Morgan fingerprint density at radius 2 is 2.12 bits per heavy atom. The fraction of sp³-hybridized carbons (Fsp3) is 0.538. The molecule has 1 aromatic carbocycles. The molecule has 1 saturated heterocycles. The lowest BCUT2D eigenvalue weighted by atomic mass is 10.2. The minimum atomic E-state index is -0.0678. The molecular weight excluding hydrogens is 221 g/mol. The molecule has 0 aromatic heterocycles. The third kappa shape index (κ3) is 3.49. The van der Waals surface area contributed by atoms with Gasteiger partial charge in [-0.3, -0.25) is 0 Å². The summed E-state index contributed by atoms with van der Waals surface area (Å²) in [7, 11) is 0. The summed E-state index contributed by atoms with van der Waals surface area (Å²) >= 11 is 1.90. The highest BCUT2D eigenvalue weighted by Crippen LogP contribution is 2.25. The van der Waals surface area contributed by atoms with Crippen LogP contribution in [0.4, 0.5) is 4.39 Å². The Balaban J connectivity index is 1.84. The van der Waals surface area contributed by atoms with Gasteiger partial charge in [-0.15, -0.1) is 0 Å². The van der Waals surface area contributed by atoms with Crippen LogP contribution in [-0.2, 0) is 5.75 Å². The quantitative estimate of drug-likeness (QED) is 0.869. The summed E-state index contributed by atoms with van der Waals surface area (Å²) in [5.41, 5.74) is 0.838. The maximum absolute atomic E-state index is 13.4. The minimum Gasteiger partial charge on any atom is -0.317 e. The number of hydrogen-bond acceptors (Lipinski definition) is 2. The highest BCUT2D eigenvalue weighted by atomic mass is 32.2. The zero-order valence-corrected chi connectivity index (χ0v) is 10.2. The third-order valence-electron chi connectivity index (χ3n) is 2.96. The highest BCUT2D eigenvalue weighted by Gasteiger charge is 2.12. The minimum absolute atomic E-state index is 0.0678. The van der Waals surface area contributed by atoms with E-state index in [-0.39, 0.29) is 5.82 Å². The average Bonchev–Trinajstić information content (AvgIpc) is 2.56. The molecule has 1 aliphatic rings. The van der Waals surface area contributed by atoms with Crippen LogP contribution in [0.5, 0.6) is 0 Å². The van der Waals surface area contributed by atoms with E-state index in [1.54, 1.807) is 12.1 Å². The Bertz CT molecular complexity index is 321. The van der Waals surface area contributed by atoms with Gasteiger partial charge in [-0.25, -0.2) is 4.39 Å². The molecule has 1 fully saturated rings. The number of thioether (sulfide) groups is 1. The second kappa shape index (κ2) is 6.26. The first-order chi connectivity index (χ1) is 7.86. The van der Waals surface area contributed by atoms with Crippen LogP contribution in [0.25, 0.3) is 0 Å². The smallest absolute Gasteiger partial charge is 0.127 e. The molecule has 0 saturated carbocycles. The first kappa shape index (κ1) is 11.9. The summed E-state index contributed by atoms with van der Waals surface area (Å²) in [4.78, 5) is 0. The van der Waals surface area contributed by atoms with Gasteiger partial charge in [-0.1, -0.05) is 18.2 Å². The summed E-state index contributed by atoms with van der Waals surface area (Å²) in [5, 5.41) is 4.09. The normalized spacial score (nSPS) is 21.7. The molecule has 0 radical (unpaired) electrons. The molecule has 1 aromatic rings. The third-order valence-corrected chi connectivity index (χ3v) is 4.38. The molecule has 1 unspecified atom stereocenters. The summed E-state index contributed by atoms with van der Waals surface area (Å²) in [5.74, 6) is 0.735. The molecule has 0 spiro atoms. The van der Waals surface area contributed by atoms with Crippen molar-refractivity contribution in [3.8, 4) is 0 Å². The van der Waals surface area contributed by atoms with Gasteiger partial charge in [0.05, 0.1) is 0 Å². The van der Waals surface area contributed by atoms with Crippen molar-refractivity contribution in [2.45, 2.75) is 30.3 Å². The maximum atomic E-state index is 13.4. The van der Waals surface area contributed by atoms with E-state index in [1.165, 1.54) is 19.3 Å². The Morgan fingerprint density at radius 1 is 1.25 bits per heavy atom. The van der Waals surface area contributed by atoms with E-state index in [0.29, 0.717) is 5.25 Å². The van der Waals surface area contributed by atoms with E-state index in [0.717, 1.165) is 24.4 Å². The molecule has 1 heterocycles. The van der Waals surface area contributed by atoms with Gasteiger partial charge in [-0.2, -0.15) is 11.8 Å². The van der Waals surface area contributed by atoms with Gasteiger partial charge in [-0.05, 0) is 44.0 Å². The average molecular weight is 239 g/mol. The number of nitrogens with one attached hydrogen (secondary N) is 1. The topological polar surface area (TPSA) is 12.0 Å². The zero-order valence-electron chi connectivity index (χ0n) is 9.42. The number of benzene rings is 1. The van der Waals surface area contributed by atoms with Crippen LogP contribution in [0.1, 0.15) is 24.8 Å². The monoisotopic (exact) mass is 239 g/mol. The summed E-state index contributed by atoms with van der Waals surface area (Å²) in [6.07, 6.45) is 3.71. The largest absolute Gasteiger partial charge is 0.317 e. The van der Waals surface area contributed by atoms with E-state index in [2.05, 4.69) is 5.32 Å². The van der Waals surface area contributed by atoms with Crippen LogP contribution in [0.3, 0.4) is 0 Å². The molecule has 16 heavy (non-hydrogen) atoms. The second-order valence-electron chi connectivity index (χ2n) is 4.21. The predicted molar refractivity (Wildman–Crippen MR) is 68.2 cm³/mol. The van der Waals surface area contributed by atoms with Gasteiger partial charge in [0.15, 0.2) is 0 Å². The van der Waals surface area contributed by atoms with Crippen LogP contribution in [0.15, 0.2) is 24.3 Å². The Labute approximate surface area is 101 Å². The predicted octanol–water partition coefficient (Wildman–Crippen LogP) is 3.20. The highest BCUT2D eigenvalue weighted by molar-refractivity contribution is 7.99. The second-order valence-corrected chi connectivity index (χ2v) is 5.49. The summed E-state index contributed by atoms with van der Waals surface area (Å²) in [6.45, 7) is 2.24. The van der Waals surface area contributed by atoms with E-state index < -0.39 is 0 Å². The SMILES string of the molecule is Fc1ccccc1CSC1CCCNCC1. The molecule has 88 valence electrons. The van der Waals surface area contributed by atoms with Gasteiger partial charge in [0, 0.05) is 11.0 Å². The summed E-state index contributed by atoms with van der Waals surface area (Å²) < 4.78 is 13.4. The van der Waals surface area contributed by atoms with E-state index >= 15 is 0 Å². The fourth-order valence-electron chi connectivity index (χ4n) is 1.98. The maximum Gasteiger partial charge on any atom is 0.127 e.